The molecule has 0 atom stereocenters. The van der Waals surface area contributed by atoms with Crippen LogP contribution in [0.4, 0.5) is 0 Å². The molecule has 178 valence electrons. The Hall–Kier alpha value is -3.60. The van der Waals surface area contributed by atoms with Gasteiger partial charge in [0.05, 0.1) is 32.8 Å². The van der Waals surface area contributed by atoms with E-state index in [1.54, 1.807) is 21.3 Å². The zero-order valence-electron chi connectivity index (χ0n) is 19.0. The number of carbonyl (C=O) groups is 1. The van der Waals surface area contributed by atoms with Crippen molar-refractivity contribution in [1.29, 1.82) is 0 Å². The summed E-state index contributed by atoms with van der Waals surface area (Å²) in [5.41, 5.74) is 1.47. The van der Waals surface area contributed by atoms with Crippen LogP contribution in [0, 0.1) is 0 Å². The van der Waals surface area contributed by atoms with Crippen molar-refractivity contribution in [3.05, 3.63) is 30.3 Å². The lowest BCUT2D eigenvalue weighted by molar-refractivity contribution is -0.118. The molecule has 0 radical (unpaired) electrons. The molecular formula is C23H24N4O6S. The first kappa shape index (κ1) is 22.2. The smallest absolute Gasteiger partial charge is 0.231 e. The summed E-state index contributed by atoms with van der Waals surface area (Å²) in [5.74, 6) is 3.52. The van der Waals surface area contributed by atoms with Crippen molar-refractivity contribution in [2.24, 2.45) is 0 Å². The van der Waals surface area contributed by atoms with Crippen LogP contribution in [0.1, 0.15) is 12.8 Å². The first-order valence-corrected chi connectivity index (χ1v) is 11.7. The lowest BCUT2D eigenvalue weighted by Gasteiger charge is -2.15. The van der Waals surface area contributed by atoms with Gasteiger partial charge in [0.25, 0.3) is 0 Å². The Labute approximate surface area is 200 Å². The molecule has 2 aromatic carbocycles. The fourth-order valence-electron chi connectivity index (χ4n) is 3.64. The third kappa shape index (κ3) is 4.30. The quantitative estimate of drug-likeness (QED) is 0.459. The van der Waals surface area contributed by atoms with E-state index in [-0.39, 0.29) is 18.5 Å². The number of hydrogen-bond acceptors (Lipinski definition) is 9. The number of nitrogens with zero attached hydrogens (tertiary/aromatic N) is 3. The highest BCUT2D eigenvalue weighted by Gasteiger charge is 2.25. The second kappa shape index (κ2) is 9.34. The summed E-state index contributed by atoms with van der Waals surface area (Å²) in [7, 11) is 4.67. The molecule has 5 rings (SSSR count). The predicted octanol–water partition coefficient (Wildman–Crippen LogP) is 3.06. The molecule has 34 heavy (non-hydrogen) atoms. The maximum absolute atomic E-state index is 12.3. The fourth-order valence-corrected chi connectivity index (χ4v) is 4.41. The van der Waals surface area contributed by atoms with Crippen LogP contribution in [0.5, 0.6) is 28.7 Å². The van der Waals surface area contributed by atoms with E-state index in [1.165, 1.54) is 11.8 Å². The predicted molar refractivity (Wildman–Crippen MR) is 124 cm³/mol. The van der Waals surface area contributed by atoms with Gasteiger partial charge < -0.3 is 29.0 Å². The first-order chi connectivity index (χ1) is 16.6. The molecule has 0 unspecified atom stereocenters. The summed E-state index contributed by atoms with van der Waals surface area (Å²) >= 11 is 1.31. The molecule has 1 fully saturated rings. The minimum Gasteiger partial charge on any atom is -0.493 e. The highest BCUT2D eigenvalue weighted by Crippen LogP contribution is 2.42. The van der Waals surface area contributed by atoms with E-state index in [1.807, 2.05) is 34.9 Å². The molecule has 1 N–H and O–H groups in total. The molecule has 1 amide bonds. The van der Waals surface area contributed by atoms with Crippen molar-refractivity contribution in [2.45, 2.75) is 24.0 Å². The van der Waals surface area contributed by atoms with Gasteiger partial charge in [0, 0.05) is 17.7 Å². The number of ether oxygens (including phenoxy) is 5. The second-order valence-corrected chi connectivity index (χ2v) is 8.67. The lowest BCUT2D eigenvalue weighted by atomic mass is 10.1. The van der Waals surface area contributed by atoms with Crippen LogP contribution in [0.2, 0.25) is 0 Å². The van der Waals surface area contributed by atoms with Crippen LogP contribution >= 0.6 is 11.8 Å². The number of hydrogen-bond donors (Lipinski definition) is 1. The normalized spacial score (nSPS) is 14.1. The molecule has 1 aromatic heterocycles. The highest BCUT2D eigenvalue weighted by molar-refractivity contribution is 7.99. The SMILES string of the molecule is COc1cc(-c2nnc(SCC(=O)NC3CC3)n2-c2ccc3c(c2)OCO3)cc(OC)c1OC. The molecule has 1 aliphatic carbocycles. The molecule has 0 saturated heterocycles. The van der Waals surface area contributed by atoms with Gasteiger partial charge in [0.2, 0.25) is 18.4 Å². The van der Waals surface area contributed by atoms with Gasteiger partial charge in [-0.25, -0.2) is 0 Å². The zero-order chi connectivity index (χ0) is 23.7. The van der Waals surface area contributed by atoms with Gasteiger partial charge in [0.15, 0.2) is 34.0 Å². The Kier molecular flexibility index (Phi) is 6.10. The van der Waals surface area contributed by atoms with Crippen LogP contribution in [0.3, 0.4) is 0 Å². The number of methoxy groups -OCH3 is 3. The number of aromatic nitrogens is 3. The van der Waals surface area contributed by atoms with E-state index in [4.69, 9.17) is 23.7 Å². The molecular weight excluding hydrogens is 460 g/mol. The monoisotopic (exact) mass is 484 g/mol. The Balaban J connectivity index is 1.57. The van der Waals surface area contributed by atoms with E-state index in [9.17, 15) is 4.79 Å². The summed E-state index contributed by atoms with van der Waals surface area (Å²) in [5, 5.41) is 12.4. The Bertz CT molecular complexity index is 1200. The fraction of sp³-hybridized carbons (Fsp3) is 0.348. The Morgan fingerprint density at radius 2 is 1.79 bits per heavy atom. The number of nitrogens with one attached hydrogen (secondary N) is 1. The molecule has 11 heteroatoms. The summed E-state index contributed by atoms with van der Waals surface area (Å²) in [4.78, 5) is 12.3. The number of benzene rings is 2. The molecule has 3 aromatic rings. The maximum atomic E-state index is 12.3. The average Bonchev–Trinajstić information content (AvgIpc) is 3.37. The summed E-state index contributed by atoms with van der Waals surface area (Å²) in [6, 6.07) is 9.51. The first-order valence-electron chi connectivity index (χ1n) is 10.7. The third-order valence-electron chi connectivity index (χ3n) is 5.45. The number of carbonyl (C=O) groups excluding carboxylic acids is 1. The molecule has 10 nitrogen and oxygen atoms in total. The minimum atomic E-state index is -0.0259. The van der Waals surface area contributed by atoms with Crippen LogP contribution in [0.15, 0.2) is 35.5 Å². The number of thioether (sulfide) groups is 1. The minimum absolute atomic E-state index is 0.0259. The van der Waals surface area contributed by atoms with Gasteiger partial charge in [-0.1, -0.05) is 11.8 Å². The van der Waals surface area contributed by atoms with Crippen molar-refractivity contribution < 1.29 is 28.5 Å². The topological polar surface area (TPSA) is 106 Å². The number of rotatable bonds is 9. The van der Waals surface area contributed by atoms with Gasteiger partial charge >= 0.3 is 0 Å². The van der Waals surface area contributed by atoms with Gasteiger partial charge in [-0.15, -0.1) is 10.2 Å². The molecule has 0 spiro atoms. The Morgan fingerprint density at radius 3 is 2.47 bits per heavy atom. The van der Waals surface area contributed by atoms with Crippen molar-refractivity contribution in [3.63, 3.8) is 0 Å². The van der Waals surface area contributed by atoms with Gasteiger partial charge in [-0.05, 0) is 37.1 Å². The van der Waals surface area contributed by atoms with Crippen LogP contribution < -0.4 is 29.0 Å². The van der Waals surface area contributed by atoms with Gasteiger partial charge in [0.1, 0.15) is 0 Å². The molecule has 1 aliphatic heterocycles. The van der Waals surface area contributed by atoms with Crippen LogP contribution in [-0.4, -0.2) is 60.6 Å². The van der Waals surface area contributed by atoms with Gasteiger partial charge in [-0.3, -0.25) is 9.36 Å². The highest BCUT2D eigenvalue weighted by atomic mass is 32.2. The van der Waals surface area contributed by atoms with E-state index in [0.29, 0.717) is 51.3 Å². The summed E-state index contributed by atoms with van der Waals surface area (Å²) in [6.07, 6.45) is 2.07. The maximum Gasteiger partial charge on any atom is 0.231 e. The van der Waals surface area contributed by atoms with E-state index in [0.717, 1.165) is 18.5 Å². The van der Waals surface area contributed by atoms with E-state index >= 15 is 0 Å². The lowest BCUT2D eigenvalue weighted by Crippen LogP contribution is -2.27. The summed E-state index contributed by atoms with van der Waals surface area (Å²) in [6.45, 7) is 0.170. The van der Waals surface area contributed by atoms with Crippen molar-refractivity contribution >= 4 is 17.7 Å². The molecule has 1 saturated carbocycles. The molecule has 2 heterocycles. The second-order valence-electron chi connectivity index (χ2n) is 7.72. The number of amides is 1. The largest absolute Gasteiger partial charge is 0.493 e. The zero-order valence-corrected chi connectivity index (χ0v) is 19.8. The van der Waals surface area contributed by atoms with Crippen LogP contribution in [-0.2, 0) is 4.79 Å². The molecule has 2 aliphatic rings. The third-order valence-corrected chi connectivity index (χ3v) is 6.37. The van der Waals surface area contributed by atoms with Crippen molar-refractivity contribution in [3.8, 4) is 45.8 Å². The standard InChI is InChI=1S/C23H24N4O6S/c1-29-18-8-13(9-19(30-2)21(18)31-3)22-25-26-23(34-11-20(28)24-14-4-5-14)27(22)15-6-7-16-17(10-15)33-12-32-16/h6-10,14H,4-5,11-12H2,1-3H3,(H,24,28). The number of fused-ring (bicyclic) bond motifs is 1. The van der Waals surface area contributed by atoms with Crippen molar-refractivity contribution in [2.75, 3.05) is 33.9 Å². The van der Waals surface area contributed by atoms with E-state index in [2.05, 4.69) is 15.5 Å². The Morgan fingerprint density at radius 1 is 1.06 bits per heavy atom. The van der Waals surface area contributed by atoms with Crippen molar-refractivity contribution in [1.82, 2.24) is 20.1 Å². The summed E-state index contributed by atoms with van der Waals surface area (Å²) < 4.78 is 29.4. The van der Waals surface area contributed by atoms with Crippen LogP contribution in [0.25, 0.3) is 17.1 Å². The molecule has 0 bridgehead atoms. The van der Waals surface area contributed by atoms with E-state index < -0.39 is 0 Å². The van der Waals surface area contributed by atoms with Gasteiger partial charge in [-0.2, -0.15) is 0 Å². The average molecular weight is 485 g/mol.